The average Bonchev–Trinajstić information content (AvgIpc) is 2.46. The Labute approximate surface area is 148 Å². The number of hydrogen-bond donors (Lipinski definition) is 1. The number of anilines is 2. The molecule has 1 N–H and O–H groups in total. The van der Waals surface area contributed by atoms with Crippen molar-refractivity contribution in [2.24, 2.45) is 0 Å². The van der Waals surface area contributed by atoms with Crippen molar-refractivity contribution in [3.8, 4) is 0 Å². The average molecular weight is 346 g/mol. The van der Waals surface area contributed by atoms with Crippen LogP contribution in [0.5, 0.6) is 0 Å². The van der Waals surface area contributed by atoms with E-state index in [9.17, 15) is 8.76 Å². The van der Waals surface area contributed by atoms with E-state index in [4.69, 9.17) is 0 Å². The molecule has 0 saturated heterocycles. The molecule has 2 aromatic rings. The predicted molar refractivity (Wildman–Crippen MR) is 103 cm³/mol. The topological polar surface area (TPSA) is 40.5 Å². The van der Waals surface area contributed by atoms with E-state index in [-0.39, 0.29) is 10.8 Å². The first kappa shape index (κ1) is 18.7. The van der Waals surface area contributed by atoms with Crippen LogP contribution in [0.1, 0.15) is 52.7 Å². The highest BCUT2D eigenvalue weighted by atomic mass is 32.2. The molecule has 0 fully saturated rings. The lowest BCUT2D eigenvalue weighted by atomic mass is 9.87. The van der Waals surface area contributed by atoms with Crippen LogP contribution >= 0.6 is 0 Å². The summed E-state index contributed by atoms with van der Waals surface area (Å²) in [5.74, 6) is 0. The van der Waals surface area contributed by atoms with Gasteiger partial charge in [0.25, 0.3) is 11.3 Å². The Hall–Kier alpha value is -1.65. The maximum Gasteiger partial charge on any atom is 0.266 e. The monoisotopic (exact) mass is 345 g/mol. The fourth-order valence-electron chi connectivity index (χ4n) is 2.52. The summed E-state index contributed by atoms with van der Waals surface area (Å²) in [7, 11) is 0. The minimum absolute atomic E-state index is 0.0517. The molecule has 0 aliphatic carbocycles. The van der Waals surface area contributed by atoms with Crippen LogP contribution in [0.3, 0.4) is 0 Å². The Balaban J connectivity index is 2.38. The quantitative estimate of drug-likeness (QED) is 0.740. The molecule has 2 aromatic carbocycles. The highest BCUT2D eigenvalue weighted by Gasteiger charge is 2.19. The van der Waals surface area contributed by atoms with Crippen molar-refractivity contribution in [1.29, 1.82) is 0 Å². The van der Waals surface area contributed by atoms with E-state index in [1.54, 1.807) is 0 Å². The van der Waals surface area contributed by atoms with Gasteiger partial charge in [-0.2, -0.15) is 0 Å². The summed E-state index contributed by atoms with van der Waals surface area (Å²) in [5.41, 5.74) is 3.89. The molecule has 0 aromatic heterocycles. The van der Waals surface area contributed by atoms with E-state index in [2.05, 4.69) is 41.5 Å². The van der Waals surface area contributed by atoms with Gasteiger partial charge in [0.1, 0.15) is 0 Å². The lowest BCUT2D eigenvalue weighted by Gasteiger charge is -2.24. The number of hydrogen-bond acceptors (Lipinski definition) is 1. The lowest BCUT2D eigenvalue weighted by Crippen LogP contribution is -2.20. The second-order valence-electron chi connectivity index (χ2n) is 8.12. The molecule has 0 aliphatic rings. The van der Waals surface area contributed by atoms with Crippen molar-refractivity contribution in [2.45, 2.75) is 52.4 Å². The molecule has 0 spiro atoms. The molecule has 0 heterocycles. The van der Waals surface area contributed by atoms with Crippen LogP contribution in [0.25, 0.3) is 0 Å². The van der Waals surface area contributed by atoms with Crippen LogP contribution in [0.4, 0.5) is 11.4 Å². The molecule has 24 heavy (non-hydrogen) atoms. The molecular weight excluding hydrogens is 318 g/mol. The smallest absolute Gasteiger partial charge is 0.266 e. The van der Waals surface area contributed by atoms with Crippen LogP contribution < -0.4 is 4.31 Å². The van der Waals surface area contributed by atoms with Crippen LogP contribution in [-0.4, -0.2) is 8.76 Å². The summed E-state index contributed by atoms with van der Waals surface area (Å²) in [4.78, 5) is 0. The first-order valence-corrected chi connectivity index (χ1v) is 9.19. The van der Waals surface area contributed by atoms with E-state index >= 15 is 0 Å². The SMILES string of the molecule is CC(C)(C)c1ccc(N(c2ccc(C(C)(C)C)cc2)S(=O)O)cc1. The van der Waals surface area contributed by atoms with Gasteiger partial charge in [-0.25, -0.2) is 8.51 Å². The Kier molecular flexibility index (Phi) is 5.21. The summed E-state index contributed by atoms with van der Waals surface area (Å²) in [6, 6.07) is 15.6. The molecule has 1 unspecified atom stereocenters. The van der Waals surface area contributed by atoms with Crippen LogP contribution in [-0.2, 0) is 22.1 Å². The summed E-state index contributed by atoms with van der Waals surface area (Å²) in [5, 5.41) is 0. The lowest BCUT2D eigenvalue weighted by molar-refractivity contribution is 0.564. The highest BCUT2D eigenvalue weighted by molar-refractivity contribution is 7.81. The molecule has 0 saturated carbocycles. The molecule has 1 atom stereocenters. The molecule has 0 bridgehead atoms. The van der Waals surface area contributed by atoms with Gasteiger partial charge in [0.2, 0.25) is 0 Å². The summed E-state index contributed by atoms with van der Waals surface area (Å²) < 4.78 is 23.1. The molecule has 4 heteroatoms. The zero-order valence-corrected chi connectivity index (χ0v) is 16.1. The standard InChI is InChI=1S/C20H27NO2S/c1-19(2,3)15-7-11-17(12-8-15)21(24(22)23)18-13-9-16(10-14-18)20(4,5)6/h7-14H,1-6H3,(H,22,23). The minimum atomic E-state index is -2.13. The van der Waals surface area contributed by atoms with Gasteiger partial charge >= 0.3 is 0 Å². The van der Waals surface area contributed by atoms with Crippen molar-refractivity contribution in [2.75, 3.05) is 4.31 Å². The zero-order valence-electron chi connectivity index (χ0n) is 15.3. The molecule has 0 radical (unpaired) electrons. The fourth-order valence-corrected chi connectivity index (χ4v) is 3.13. The second-order valence-corrected chi connectivity index (χ2v) is 8.95. The van der Waals surface area contributed by atoms with Crippen molar-refractivity contribution in [3.05, 3.63) is 59.7 Å². The van der Waals surface area contributed by atoms with Crippen molar-refractivity contribution in [3.63, 3.8) is 0 Å². The summed E-state index contributed by atoms with van der Waals surface area (Å²) in [6.45, 7) is 12.9. The van der Waals surface area contributed by atoms with Crippen LogP contribution in [0, 0.1) is 0 Å². The van der Waals surface area contributed by atoms with Gasteiger partial charge < -0.3 is 0 Å². The van der Waals surface area contributed by atoms with Gasteiger partial charge in [-0.3, -0.25) is 4.55 Å². The van der Waals surface area contributed by atoms with Crippen LogP contribution in [0.15, 0.2) is 48.5 Å². The number of rotatable bonds is 3. The van der Waals surface area contributed by atoms with Gasteiger partial charge in [-0.15, -0.1) is 0 Å². The molecule has 2 rings (SSSR count). The largest absolute Gasteiger partial charge is 0.289 e. The van der Waals surface area contributed by atoms with Gasteiger partial charge in [0.05, 0.1) is 11.4 Å². The highest BCUT2D eigenvalue weighted by Crippen LogP contribution is 2.31. The van der Waals surface area contributed by atoms with Gasteiger partial charge in [0, 0.05) is 0 Å². The van der Waals surface area contributed by atoms with Crippen molar-refractivity contribution in [1.82, 2.24) is 0 Å². The van der Waals surface area contributed by atoms with Gasteiger partial charge in [-0.1, -0.05) is 65.8 Å². The van der Waals surface area contributed by atoms with Crippen LogP contribution in [0.2, 0.25) is 0 Å². The molecule has 3 nitrogen and oxygen atoms in total. The second kappa shape index (κ2) is 6.69. The van der Waals surface area contributed by atoms with E-state index in [0.717, 1.165) is 0 Å². The normalized spacial score (nSPS) is 13.6. The van der Waals surface area contributed by atoms with Gasteiger partial charge in [-0.05, 0) is 46.2 Å². The van der Waals surface area contributed by atoms with Crippen molar-refractivity contribution < 1.29 is 8.76 Å². The summed E-state index contributed by atoms with van der Waals surface area (Å²) in [6.07, 6.45) is 0. The maximum atomic E-state index is 11.9. The van der Waals surface area contributed by atoms with Gasteiger partial charge in [0.15, 0.2) is 0 Å². The number of nitrogens with zero attached hydrogens (tertiary/aromatic N) is 1. The third kappa shape index (κ3) is 4.25. The molecule has 0 amide bonds. The third-order valence-electron chi connectivity index (χ3n) is 4.09. The fraction of sp³-hybridized carbons (Fsp3) is 0.400. The van der Waals surface area contributed by atoms with E-state index < -0.39 is 11.3 Å². The minimum Gasteiger partial charge on any atom is -0.289 e. The first-order chi connectivity index (χ1) is 11.0. The third-order valence-corrected chi connectivity index (χ3v) is 4.83. The Morgan fingerprint density at radius 1 is 0.708 bits per heavy atom. The molecule has 0 aliphatic heterocycles. The van der Waals surface area contributed by atoms with E-state index in [0.29, 0.717) is 11.4 Å². The molecule has 130 valence electrons. The van der Waals surface area contributed by atoms with E-state index in [1.165, 1.54) is 15.4 Å². The maximum absolute atomic E-state index is 11.9. The first-order valence-electron chi connectivity index (χ1n) is 8.12. The van der Waals surface area contributed by atoms with Crippen molar-refractivity contribution >= 4 is 22.6 Å². The predicted octanol–water partition coefficient (Wildman–Crippen LogP) is 5.56. The van der Waals surface area contributed by atoms with E-state index in [1.807, 2.05) is 48.5 Å². The Morgan fingerprint density at radius 2 is 1.00 bits per heavy atom. The number of benzene rings is 2. The Bertz CT molecular complexity index is 650. The Morgan fingerprint density at radius 3 is 1.21 bits per heavy atom. The summed E-state index contributed by atoms with van der Waals surface area (Å²) >= 11 is -2.13. The molecular formula is C20H27NO2S. The zero-order chi connectivity index (χ0) is 18.1.